The van der Waals surface area contributed by atoms with Gasteiger partial charge >= 0.3 is 0 Å². The second-order valence-electron chi connectivity index (χ2n) is 4.50. The largest absolute Gasteiger partial charge is 0.366 e. The lowest BCUT2D eigenvalue weighted by molar-refractivity contribution is 0.206. The standard InChI is InChI=1S/C11H17BrN4/c1-8-6-16(2)4-3-10(8)15-11-9(12)5-13-7-14-11/h5,7-8,10H,3-4,6H2,1-2H3,(H,13,14,15). The van der Waals surface area contributed by atoms with Crippen LogP contribution in [0.15, 0.2) is 17.0 Å². The van der Waals surface area contributed by atoms with Crippen molar-refractivity contribution in [2.45, 2.75) is 19.4 Å². The van der Waals surface area contributed by atoms with Crippen LogP contribution in [0.1, 0.15) is 13.3 Å². The number of anilines is 1. The topological polar surface area (TPSA) is 41.0 Å². The van der Waals surface area contributed by atoms with Gasteiger partial charge in [-0.15, -0.1) is 0 Å². The molecule has 0 spiro atoms. The Hall–Kier alpha value is -0.680. The molecule has 0 bridgehead atoms. The second kappa shape index (κ2) is 5.10. The Bertz CT molecular complexity index is 358. The summed E-state index contributed by atoms with van der Waals surface area (Å²) in [6, 6.07) is 0.502. The van der Waals surface area contributed by atoms with Crippen molar-refractivity contribution < 1.29 is 0 Å². The Morgan fingerprint density at radius 2 is 2.38 bits per heavy atom. The summed E-state index contributed by atoms with van der Waals surface area (Å²) in [7, 11) is 2.17. The molecule has 1 aliphatic rings. The van der Waals surface area contributed by atoms with E-state index in [2.05, 4.69) is 50.1 Å². The Kier molecular flexibility index (Phi) is 3.76. The molecule has 2 heterocycles. The van der Waals surface area contributed by atoms with Crippen LogP contribution in [0, 0.1) is 5.92 Å². The SMILES string of the molecule is CC1CN(C)CCC1Nc1ncncc1Br. The van der Waals surface area contributed by atoms with Crippen molar-refractivity contribution in [1.29, 1.82) is 0 Å². The monoisotopic (exact) mass is 284 g/mol. The molecule has 88 valence electrons. The predicted molar refractivity (Wildman–Crippen MR) is 68.4 cm³/mol. The molecule has 2 rings (SSSR count). The number of hydrogen-bond acceptors (Lipinski definition) is 4. The van der Waals surface area contributed by atoms with Gasteiger partial charge in [-0.25, -0.2) is 9.97 Å². The summed E-state index contributed by atoms with van der Waals surface area (Å²) < 4.78 is 0.932. The maximum atomic E-state index is 4.24. The van der Waals surface area contributed by atoms with Crippen LogP contribution in [0.25, 0.3) is 0 Å². The number of piperidine rings is 1. The number of likely N-dealkylation sites (tertiary alicyclic amines) is 1. The number of hydrogen-bond donors (Lipinski definition) is 1. The van der Waals surface area contributed by atoms with Gasteiger partial charge in [-0.05, 0) is 41.9 Å². The third kappa shape index (κ3) is 2.71. The van der Waals surface area contributed by atoms with E-state index in [9.17, 15) is 0 Å². The van der Waals surface area contributed by atoms with Gasteiger partial charge < -0.3 is 10.2 Å². The van der Waals surface area contributed by atoms with E-state index in [1.807, 2.05) is 0 Å². The second-order valence-corrected chi connectivity index (χ2v) is 5.35. The van der Waals surface area contributed by atoms with E-state index in [4.69, 9.17) is 0 Å². The van der Waals surface area contributed by atoms with E-state index >= 15 is 0 Å². The minimum Gasteiger partial charge on any atom is -0.366 e. The van der Waals surface area contributed by atoms with Crippen molar-refractivity contribution in [2.75, 3.05) is 25.5 Å². The molecule has 0 amide bonds. The van der Waals surface area contributed by atoms with Gasteiger partial charge in [0.15, 0.2) is 0 Å². The zero-order valence-electron chi connectivity index (χ0n) is 9.65. The van der Waals surface area contributed by atoms with E-state index in [-0.39, 0.29) is 0 Å². The molecular formula is C11H17BrN4. The van der Waals surface area contributed by atoms with Gasteiger partial charge in [0.25, 0.3) is 0 Å². The Morgan fingerprint density at radius 3 is 3.06 bits per heavy atom. The average Bonchev–Trinajstić information content (AvgIpc) is 2.25. The first-order valence-electron chi connectivity index (χ1n) is 5.57. The molecule has 0 radical (unpaired) electrons. The van der Waals surface area contributed by atoms with Gasteiger partial charge in [0, 0.05) is 18.8 Å². The third-order valence-electron chi connectivity index (χ3n) is 3.10. The van der Waals surface area contributed by atoms with Crippen molar-refractivity contribution in [1.82, 2.24) is 14.9 Å². The van der Waals surface area contributed by atoms with E-state index < -0.39 is 0 Å². The molecule has 1 N–H and O–H groups in total. The van der Waals surface area contributed by atoms with Gasteiger partial charge in [0.2, 0.25) is 0 Å². The molecule has 0 aliphatic carbocycles. The first-order chi connectivity index (χ1) is 7.66. The number of halogens is 1. The lowest BCUT2D eigenvalue weighted by Crippen LogP contribution is -2.43. The van der Waals surface area contributed by atoms with Crippen LogP contribution in [0.2, 0.25) is 0 Å². The smallest absolute Gasteiger partial charge is 0.143 e. The van der Waals surface area contributed by atoms with Crippen molar-refractivity contribution in [3.05, 3.63) is 17.0 Å². The molecule has 1 aromatic rings. The summed E-state index contributed by atoms with van der Waals surface area (Å²) in [5.41, 5.74) is 0. The predicted octanol–water partition coefficient (Wildman–Crippen LogP) is 1.99. The molecular weight excluding hydrogens is 268 g/mol. The van der Waals surface area contributed by atoms with E-state index in [1.54, 1.807) is 12.5 Å². The highest BCUT2D eigenvalue weighted by Gasteiger charge is 2.24. The summed E-state index contributed by atoms with van der Waals surface area (Å²) in [4.78, 5) is 10.6. The molecule has 1 aromatic heterocycles. The summed E-state index contributed by atoms with van der Waals surface area (Å²) in [6.45, 7) is 4.56. The fourth-order valence-corrected chi connectivity index (χ4v) is 2.50. The molecule has 1 fully saturated rings. The zero-order valence-corrected chi connectivity index (χ0v) is 11.2. The van der Waals surface area contributed by atoms with E-state index in [0.29, 0.717) is 12.0 Å². The van der Waals surface area contributed by atoms with Crippen molar-refractivity contribution in [3.63, 3.8) is 0 Å². The van der Waals surface area contributed by atoms with Crippen molar-refractivity contribution in [3.8, 4) is 0 Å². The summed E-state index contributed by atoms with van der Waals surface area (Å²) in [5.74, 6) is 1.54. The molecule has 2 unspecified atom stereocenters. The molecule has 4 nitrogen and oxygen atoms in total. The molecule has 1 saturated heterocycles. The highest BCUT2D eigenvalue weighted by atomic mass is 79.9. The lowest BCUT2D eigenvalue weighted by atomic mass is 9.94. The number of nitrogens with one attached hydrogen (secondary N) is 1. The highest BCUT2D eigenvalue weighted by Crippen LogP contribution is 2.23. The van der Waals surface area contributed by atoms with Gasteiger partial charge in [-0.2, -0.15) is 0 Å². The number of rotatable bonds is 2. The van der Waals surface area contributed by atoms with Gasteiger partial charge in [0.05, 0.1) is 4.47 Å². The van der Waals surface area contributed by atoms with Crippen LogP contribution in [0.5, 0.6) is 0 Å². The fourth-order valence-electron chi connectivity index (χ4n) is 2.16. The Balaban J connectivity index is 2.02. The van der Waals surface area contributed by atoms with Crippen molar-refractivity contribution >= 4 is 21.7 Å². The zero-order chi connectivity index (χ0) is 11.5. The fraction of sp³-hybridized carbons (Fsp3) is 0.636. The third-order valence-corrected chi connectivity index (χ3v) is 3.68. The first-order valence-corrected chi connectivity index (χ1v) is 6.36. The summed E-state index contributed by atoms with van der Waals surface area (Å²) in [6.07, 6.45) is 4.51. The Morgan fingerprint density at radius 1 is 1.56 bits per heavy atom. The lowest BCUT2D eigenvalue weighted by Gasteiger charge is -2.35. The molecule has 2 atom stereocenters. The molecule has 0 saturated carbocycles. The minimum absolute atomic E-state index is 0.502. The quantitative estimate of drug-likeness (QED) is 0.902. The van der Waals surface area contributed by atoms with Crippen LogP contribution < -0.4 is 5.32 Å². The van der Waals surface area contributed by atoms with Gasteiger partial charge in [-0.1, -0.05) is 6.92 Å². The van der Waals surface area contributed by atoms with E-state index in [1.165, 1.54) is 0 Å². The normalized spacial score (nSPS) is 26.7. The maximum Gasteiger partial charge on any atom is 0.143 e. The molecule has 1 aliphatic heterocycles. The van der Waals surface area contributed by atoms with Crippen LogP contribution in [-0.4, -0.2) is 41.0 Å². The average molecular weight is 285 g/mol. The van der Waals surface area contributed by atoms with Gasteiger partial charge in [-0.3, -0.25) is 0 Å². The molecule has 0 aromatic carbocycles. The Labute approximate surface area is 105 Å². The van der Waals surface area contributed by atoms with Crippen molar-refractivity contribution in [2.24, 2.45) is 5.92 Å². The van der Waals surface area contributed by atoms with Gasteiger partial charge in [0.1, 0.15) is 12.1 Å². The van der Waals surface area contributed by atoms with Crippen LogP contribution in [-0.2, 0) is 0 Å². The maximum absolute atomic E-state index is 4.24. The summed E-state index contributed by atoms with van der Waals surface area (Å²) >= 11 is 3.46. The van der Waals surface area contributed by atoms with Crippen LogP contribution >= 0.6 is 15.9 Å². The van der Waals surface area contributed by atoms with Crippen LogP contribution in [0.3, 0.4) is 0 Å². The molecule has 16 heavy (non-hydrogen) atoms. The van der Waals surface area contributed by atoms with E-state index in [0.717, 1.165) is 29.8 Å². The first kappa shape index (κ1) is 11.8. The highest BCUT2D eigenvalue weighted by molar-refractivity contribution is 9.10. The summed E-state index contributed by atoms with van der Waals surface area (Å²) in [5, 5.41) is 3.49. The number of aromatic nitrogens is 2. The van der Waals surface area contributed by atoms with Crippen LogP contribution in [0.4, 0.5) is 5.82 Å². The molecule has 5 heteroatoms. The minimum atomic E-state index is 0.502. The number of nitrogens with zero attached hydrogens (tertiary/aromatic N) is 3.